The summed E-state index contributed by atoms with van der Waals surface area (Å²) in [5.74, 6) is -1.72. The van der Waals surface area contributed by atoms with Gasteiger partial charge in [-0.1, -0.05) is 94.9 Å². The van der Waals surface area contributed by atoms with E-state index in [1.54, 1.807) is 36.4 Å². The van der Waals surface area contributed by atoms with Gasteiger partial charge in [0.25, 0.3) is 11.5 Å². The van der Waals surface area contributed by atoms with E-state index in [0.29, 0.717) is 20.7 Å². The van der Waals surface area contributed by atoms with Gasteiger partial charge in [0.2, 0.25) is 5.13 Å². The number of amides is 1. The fourth-order valence-corrected chi connectivity index (χ4v) is 6.29. The molecular formula is C27H19ClN4O5S2. The number of thioether (sulfide) groups is 1. The Kier molecular flexibility index (Phi) is 7.47. The molecule has 39 heavy (non-hydrogen) atoms. The summed E-state index contributed by atoms with van der Waals surface area (Å²) >= 11 is 8.71. The molecule has 1 atom stereocenters. The SMILES string of the molecule is Cc1ccc(/C(O)=C2/C(=O)C(=O)N(c3nnc(SCc4ccccc4Cl)s3)C2c2cccc([N+](=O)[O-])c2)cc1. The minimum Gasteiger partial charge on any atom is -0.507 e. The van der Waals surface area contributed by atoms with Gasteiger partial charge in [-0.2, -0.15) is 0 Å². The standard InChI is InChI=1S/C27H19ClN4O5S2/c1-15-9-11-16(12-10-15)23(33)21-22(17-6-4-7-19(13-17)32(36)37)31(25(35)24(21)34)26-29-30-27(39-26)38-14-18-5-2-3-8-20(18)28/h2-13,22,33H,14H2,1H3/b23-21-. The van der Waals surface area contributed by atoms with Gasteiger partial charge in [0, 0.05) is 28.5 Å². The molecule has 1 unspecified atom stereocenters. The van der Waals surface area contributed by atoms with E-state index < -0.39 is 22.7 Å². The highest BCUT2D eigenvalue weighted by molar-refractivity contribution is 8.00. The number of hydrogen-bond acceptors (Lipinski definition) is 9. The second kappa shape index (κ2) is 11.0. The van der Waals surface area contributed by atoms with Gasteiger partial charge < -0.3 is 5.11 Å². The molecule has 0 bridgehead atoms. The maximum atomic E-state index is 13.4. The van der Waals surface area contributed by atoms with Crippen molar-refractivity contribution < 1.29 is 19.6 Å². The van der Waals surface area contributed by atoms with E-state index in [0.717, 1.165) is 27.4 Å². The van der Waals surface area contributed by atoms with E-state index in [-0.39, 0.29) is 27.7 Å². The number of Topliss-reactive ketones (excluding diaryl/α,β-unsaturated/α-hetero) is 1. The number of halogens is 1. The highest BCUT2D eigenvalue weighted by atomic mass is 35.5. The zero-order valence-corrected chi connectivity index (χ0v) is 22.7. The maximum absolute atomic E-state index is 13.4. The molecular weight excluding hydrogens is 560 g/mol. The number of aryl methyl sites for hydroxylation is 1. The van der Waals surface area contributed by atoms with Gasteiger partial charge in [-0.25, -0.2) is 0 Å². The molecule has 1 N–H and O–H groups in total. The lowest BCUT2D eigenvalue weighted by Gasteiger charge is -2.22. The minimum atomic E-state index is -1.15. The Balaban J connectivity index is 1.57. The molecule has 0 radical (unpaired) electrons. The fraction of sp³-hybridized carbons (Fsp3) is 0.111. The van der Waals surface area contributed by atoms with Crippen molar-refractivity contribution >= 4 is 63.0 Å². The lowest BCUT2D eigenvalue weighted by Crippen LogP contribution is -2.29. The Labute approximate surface area is 235 Å². The number of nitro groups is 1. The smallest absolute Gasteiger partial charge is 0.301 e. The predicted molar refractivity (Wildman–Crippen MR) is 150 cm³/mol. The summed E-state index contributed by atoms with van der Waals surface area (Å²) in [6.07, 6.45) is 0. The molecule has 1 aliphatic rings. The topological polar surface area (TPSA) is 127 Å². The van der Waals surface area contributed by atoms with E-state index in [1.165, 1.54) is 30.0 Å². The molecule has 1 aliphatic heterocycles. The molecule has 1 amide bonds. The Hall–Kier alpha value is -4.06. The first-order valence-electron chi connectivity index (χ1n) is 11.6. The third kappa shape index (κ3) is 5.29. The van der Waals surface area contributed by atoms with Crippen LogP contribution in [-0.4, -0.2) is 31.9 Å². The summed E-state index contributed by atoms with van der Waals surface area (Å²) < 4.78 is 0.531. The molecule has 1 saturated heterocycles. The van der Waals surface area contributed by atoms with Crippen LogP contribution in [0.4, 0.5) is 10.8 Å². The normalized spacial score (nSPS) is 16.6. The minimum absolute atomic E-state index is 0.123. The second-order valence-electron chi connectivity index (χ2n) is 8.62. The van der Waals surface area contributed by atoms with Gasteiger partial charge in [0.05, 0.1) is 16.5 Å². The van der Waals surface area contributed by atoms with Crippen LogP contribution in [0, 0.1) is 17.0 Å². The van der Waals surface area contributed by atoms with Gasteiger partial charge in [0.15, 0.2) is 4.34 Å². The first-order valence-corrected chi connectivity index (χ1v) is 13.7. The molecule has 0 spiro atoms. The van der Waals surface area contributed by atoms with Gasteiger partial charge in [0.1, 0.15) is 5.76 Å². The number of nitrogens with zero attached hydrogens (tertiary/aromatic N) is 4. The number of hydrogen-bond donors (Lipinski definition) is 1. The Morgan fingerprint density at radius 2 is 1.85 bits per heavy atom. The van der Waals surface area contributed by atoms with Crippen LogP contribution in [0.25, 0.3) is 5.76 Å². The first kappa shape index (κ1) is 26.5. The summed E-state index contributed by atoms with van der Waals surface area (Å²) in [6, 6.07) is 18.6. The molecule has 1 aromatic heterocycles. The number of rotatable bonds is 7. The Bertz CT molecular complexity index is 1640. The Morgan fingerprint density at radius 1 is 1.10 bits per heavy atom. The number of carbonyl (C=O) groups excluding carboxylic acids is 2. The van der Waals surface area contributed by atoms with Gasteiger partial charge >= 0.3 is 5.91 Å². The maximum Gasteiger partial charge on any atom is 0.301 e. The van der Waals surface area contributed by atoms with Crippen LogP contribution in [0.2, 0.25) is 5.02 Å². The van der Waals surface area contributed by atoms with Crippen molar-refractivity contribution in [3.63, 3.8) is 0 Å². The summed E-state index contributed by atoms with van der Waals surface area (Å²) in [5, 5.41) is 31.8. The van der Waals surface area contributed by atoms with Crippen LogP contribution in [0.5, 0.6) is 0 Å². The van der Waals surface area contributed by atoms with Crippen molar-refractivity contribution in [2.75, 3.05) is 4.90 Å². The van der Waals surface area contributed by atoms with Crippen molar-refractivity contribution in [2.24, 2.45) is 0 Å². The number of carbonyl (C=O) groups is 2. The molecule has 5 rings (SSSR count). The van der Waals surface area contributed by atoms with Gasteiger partial charge in [-0.05, 0) is 24.1 Å². The quantitative estimate of drug-likeness (QED) is 0.0513. The molecule has 1 fully saturated rings. The average molecular weight is 579 g/mol. The summed E-state index contributed by atoms with van der Waals surface area (Å²) in [6.45, 7) is 1.88. The number of aliphatic hydroxyl groups excluding tert-OH is 1. The highest BCUT2D eigenvalue weighted by Gasteiger charge is 2.48. The Morgan fingerprint density at radius 3 is 2.56 bits per heavy atom. The fourth-order valence-electron chi connectivity index (χ4n) is 4.13. The predicted octanol–water partition coefficient (Wildman–Crippen LogP) is 6.33. The molecule has 12 heteroatoms. The van der Waals surface area contributed by atoms with Crippen LogP contribution in [0.15, 0.2) is 82.7 Å². The molecule has 2 heterocycles. The zero-order chi connectivity index (χ0) is 27.7. The van der Waals surface area contributed by atoms with Crippen molar-refractivity contribution in [3.8, 4) is 0 Å². The molecule has 4 aromatic rings. The number of anilines is 1. The number of aromatic nitrogens is 2. The second-order valence-corrected chi connectivity index (χ2v) is 11.2. The summed E-state index contributed by atoms with van der Waals surface area (Å²) in [7, 11) is 0. The molecule has 0 aliphatic carbocycles. The summed E-state index contributed by atoms with van der Waals surface area (Å²) in [4.78, 5) is 38.7. The lowest BCUT2D eigenvalue weighted by atomic mass is 9.95. The number of non-ortho nitro benzene ring substituents is 1. The van der Waals surface area contributed by atoms with Crippen molar-refractivity contribution in [2.45, 2.75) is 23.1 Å². The van der Waals surface area contributed by atoms with E-state index in [2.05, 4.69) is 10.2 Å². The number of ketones is 1. The molecule has 9 nitrogen and oxygen atoms in total. The van der Waals surface area contributed by atoms with E-state index in [9.17, 15) is 24.8 Å². The van der Waals surface area contributed by atoms with Crippen molar-refractivity contribution in [1.29, 1.82) is 0 Å². The average Bonchev–Trinajstić information content (AvgIpc) is 3.50. The molecule has 3 aromatic carbocycles. The van der Waals surface area contributed by atoms with E-state index in [4.69, 9.17) is 11.6 Å². The molecule has 196 valence electrons. The van der Waals surface area contributed by atoms with Crippen LogP contribution >= 0.6 is 34.7 Å². The largest absolute Gasteiger partial charge is 0.507 e. The lowest BCUT2D eigenvalue weighted by molar-refractivity contribution is -0.384. The third-order valence-corrected chi connectivity index (χ3v) is 8.55. The monoisotopic (exact) mass is 578 g/mol. The van der Waals surface area contributed by atoms with Crippen molar-refractivity contribution in [1.82, 2.24) is 10.2 Å². The van der Waals surface area contributed by atoms with Crippen LogP contribution in [-0.2, 0) is 15.3 Å². The van der Waals surface area contributed by atoms with Crippen LogP contribution in [0.1, 0.15) is 28.3 Å². The van der Waals surface area contributed by atoms with Gasteiger partial charge in [-0.3, -0.25) is 24.6 Å². The van der Waals surface area contributed by atoms with Crippen LogP contribution in [0.3, 0.4) is 0 Å². The number of benzene rings is 3. The third-order valence-electron chi connectivity index (χ3n) is 6.08. The summed E-state index contributed by atoms with van der Waals surface area (Å²) in [5.41, 5.74) is 2.04. The number of aliphatic hydroxyl groups is 1. The number of nitro benzene ring substituents is 1. The van der Waals surface area contributed by atoms with E-state index >= 15 is 0 Å². The van der Waals surface area contributed by atoms with E-state index in [1.807, 2.05) is 25.1 Å². The van der Waals surface area contributed by atoms with Crippen molar-refractivity contribution in [3.05, 3.63) is 116 Å². The first-order chi connectivity index (χ1) is 18.7. The van der Waals surface area contributed by atoms with Crippen LogP contribution < -0.4 is 4.90 Å². The molecule has 0 saturated carbocycles. The zero-order valence-electron chi connectivity index (χ0n) is 20.3. The van der Waals surface area contributed by atoms with Gasteiger partial charge in [-0.15, -0.1) is 10.2 Å². The highest BCUT2D eigenvalue weighted by Crippen LogP contribution is 2.44.